The molecule has 174 valence electrons. The van der Waals surface area contributed by atoms with E-state index in [2.05, 4.69) is 29.7 Å². The number of anilines is 1. The second-order valence-electron chi connectivity index (χ2n) is 7.63. The number of nitrogens with zero attached hydrogens (tertiary/aromatic N) is 2. The molecule has 1 amide bonds. The maximum atomic E-state index is 11.7. The lowest BCUT2D eigenvalue weighted by Gasteiger charge is -2.19. The third kappa shape index (κ3) is 6.98. The number of ether oxygens (including phenoxy) is 1. The number of hydrogen-bond acceptors (Lipinski definition) is 4. The van der Waals surface area contributed by atoms with Gasteiger partial charge >= 0.3 is 6.09 Å². The summed E-state index contributed by atoms with van der Waals surface area (Å²) in [5.74, 6) is 1.67. The van der Waals surface area contributed by atoms with Crippen LogP contribution in [0.1, 0.15) is 29.9 Å². The van der Waals surface area contributed by atoms with Crippen LogP contribution in [0.4, 0.5) is 10.5 Å². The van der Waals surface area contributed by atoms with Crippen molar-refractivity contribution in [3.63, 3.8) is 0 Å². The molecule has 2 N–H and O–H groups in total. The van der Waals surface area contributed by atoms with E-state index in [0.717, 1.165) is 29.4 Å². The fraction of sp³-hybridized carbons (Fsp3) is 0.280. The maximum Gasteiger partial charge on any atom is 0.414 e. The van der Waals surface area contributed by atoms with Crippen molar-refractivity contribution in [3.05, 3.63) is 89.9 Å². The van der Waals surface area contributed by atoms with Gasteiger partial charge < -0.3 is 19.8 Å². The molecule has 1 fully saturated rings. The molecule has 1 aromatic heterocycles. The summed E-state index contributed by atoms with van der Waals surface area (Å²) in [4.78, 5) is 18.2. The minimum atomic E-state index is -0.294. The first-order valence-corrected chi connectivity index (χ1v) is 10.8. The molecule has 1 aliphatic heterocycles. The molecular formula is C25H29IN4O3. The summed E-state index contributed by atoms with van der Waals surface area (Å²) in [5.41, 5.74) is 3.09. The highest BCUT2D eigenvalue weighted by atomic mass is 127. The number of furan rings is 1. The Labute approximate surface area is 211 Å². The van der Waals surface area contributed by atoms with E-state index >= 15 is 0 Å². The quantitative estimate of drug-likeness (QED) is 0.233. The van der Waals surface area contributed by atoms with Gasteiger partial charge in [0.15, 0.2) is 5.96 Å². The van der Waals surface area contributed by atoms with Crippen molar-refractivity contribution in [1.29, 1.82) is 0 Å². The number of halogens is 1. The predicted octanol–water partition coefficient (Wildman–Crippen LogP) is 4.89. The molecule has 1 atom stereocenters. The lowest BCUT2D eigenvalue weighted by Crippen LogP contribution is -2.39. The van der Waals surface area contributed by atoms with Gasteiger partial charge in [-0.05, 0) is 42.3 Å². The van der Waals surface area contributed by atoms with Crippen molar-refractivity contribution >= 4 is 41.7 Å². The molecule has 0 aliphatic carbocycles. The molecule has 3 aromatic rings. The van der Waals surface area contributed by atoms with Gasteiger partial charge in [-0.15, -0.1) is 24.0 Å². The van der Waals surface area contributed by atoms with Gasteiger partial charge in [0.25, 0.3) is 0 Å². The number of guanidine groups is 1. The average Bonchev–Trinajstić information content (AvgIpc) is 3.50. The average molecular weight is 560 g/mol. The van der Waals surface area contributed by atoms with Crippen molar-refractivity contribution in [1.82, 2.24) is 10.6 Å². The Morgan fingerprint density at radius 2 is 1.88 bits per heavy atom. The Balaban J connectivity index is 0.00000306. The summed E-state index contributed by atoms with van der Waals surface area (Å²) in [7, 11) is 0. The molecular weight excluding hydrogens is 531 g/mol. The van der Waals surface area contributed by atoms with Crippen LogP contribution < -0.4 is 15.5 Å². The molecule has 33 heavy (non-hydrogen) atoms. The van der Waals surface area contributed by atoms with Gasteiger partial charge in [0.2, 0.25) is 0 Å². The fourth-order valence-electron chi connectivity index (χ4n) is 3.52. The second-order valence-corrected chi connectivity index (χ2v) is 7.63. The lowest BCUT2D eigenvalue weighted by atomic mass is 10.1. The third-order valence-corrected chi connectivity index (χ3v) is 5.33. The van der Waals surface area contributed by atoms with Crippen LogP contribution in [-0.4, -0.2) is 31.7 Å². The summed E-state index contributed by atoms with van der Waals surface area (Å²) < 4.78 is 10.4. The summed E-state index contributed by atoms with van der Waals surface area (Å²) in [6.45, 7) is 4.35. The fourth-order valence-corrected chi connectivity index (χ4v) is 3.52. The van der Waals surface area contributed by atoms with E-state index in [1.807, 2.05) is 54.6 Å². The van der Waals surface area contributed by atoms with E-state index in [9.17, 15) is 4.79 Å². The molecule has 7 nitrogen and oxygen atoms in total. The lowest BCUT2D eigenvalue weighted by molar-refractivity contribution is 0.181. The van der Waals surface area contributed by atoms with Crippen molar-refractivity contribution in [2.45, 2.75) is 25.9 Å². The van der Waals surface area contributed by atoms with Gasteiger partial charge in [-0.25, -0.2) is 9.79 Å². The number of aliphatic imine (C=N–C) groups is 1. The standard InChI is InChI=1S/C25H28N4O3.HI/c1-19(21-6-3-2-4-7-21)28-24(26-14-13-23-8-5-16-31-23)27-18-20-9-11-22(12-10-20)29-15-17-32-25(29)30;/h2-12,16,19H,13-15,17-18H2,1H3,(H2,26,27,28);1H. The van der Waals surface area contributed by atoms with Crippen LogP contribution in [0.2, 0.25) is 0 Å². The Morgan fingerprint density at radius 1 is 1.09 bits per heavy atom. The van der Waals surface area contributed by atoms with Crippen LogP contribution in [0.15, 0.2) is 82.4 Å². The Morgan fingerprint density at radius 3 is 2.55 bits per heavy atom. The van der Waals surface area contributed by atoms with Crippen molar-refractivity contribution in [2.75, 3.05) is 24.6 Å². The number of amides is 1. The first kappa shape index (κ1) is 24.6. The number of carbonyl (C=O) groups excluding carboxylic acids is 1. The summed E-state index contributed by atoms with van der Waals surface area (Å²) in [6.07, 6.45) is 2.16. The molecule has 0 bridgehead atoms. The van der Waals surface area contributed by atoms with Crippen LogP contribution in [-0.2, 0) is 17.7 Å². The van der Waals surface area contributed by atoms with Gasteiger partial charge in [-0.1, -0.05) is 42.5 Å². The molecule has 2 aromatic carbocycles. The Hall–Kier alpha value is -3.01. The van der Waals surface area contributed by atoms with Gasteiger partial charge in [0.05, 0.1) is 25.4 Å². The van der Waals surface area contributed by atoms with Crippen molar-refractivity contribution < 1.29 is 13.9 Å². The molecule has 1 saturated heterocycles. The normalized spacial score (nSPS) is 14.4. The zero-order chi connectivity index (χ0) is 22.2. The first-order chi connectivity index (χ1) is 15.7. The minimum absolute atomic E-state index is 0. The van der Waals surface area contributed by atoms with Crippen LogP contribution in [0.3, 0.4) is 0 Å². The summed E-state index contributed by atoms with van der Waals surface area (Å²) >= 11 is 0. The van der Waals surface area contributed by atoms with Gasteiger partial charge in [-0.2, -0.15) is 0 Å². The van der Waals surface area contributed by atoms with E-state index in [1.54, 1.807) is 11.2 Å². The van der Waals surface area contributed by atoms with Crippen LogP contribution in [0, 0.1) is 0 Å². The van der Waals surface area contributed by atoms with E-state index in [0.29, 0.717) is 26.2 Å². The molecule has 4 rings (SSSR count). The van der Waals surface area contributed by atoms with Gasteiger partial charge in [-0.3, -0.25) is 4.90 Å². The molecule has 0 spiro atoms. The molecule has 0 saturated carbocycles. The zero-order valence-electron chi connectivity index (χ0n) is 18.6. The largest absolute Gasteiger partial charge is 0.469 e. The van der Waals surface area contributed by atoms with Crippen LogP contribution >= 0.6 is 24.0 Å². The Bertz CT molecular complexity index is 1020. The SMILES string of the molecule is CC(NC(=NCc1ccc(N2CCOC2=O)cc1)NCCc1ccco1)c1ccccc1.I. The van der Waals surface area contributed by atoms with Crippen LogP contribution in [0.25, 0.3) is 0 Å². The zero-order valence-corrected chi connectivity index (χ0v) is 20.9. The summed E-state index contributed by atoms with van der Waals surface area (Å²) in [5, 5.41) is 6.88. The highest BCUT2D eigenvalue weighted by molar-refractivity contribution is 14.0. The predicted molar refractivity (Wildman–Crippen MR) is 140 cm³/mol. The number of nitrogens with one attached hydrogen (secondary N) is 2. The molecule has 8 heteroatoms. The Kier molecular flexibility index (Phi) is 9.17. The minimum Gasteiger partial charge on any atom is -0.469 e. The number of rotatable bonds is 8. The topological polar surface area (TPSA) is 79.1 Å². The molecule has 2 heterocycles. The highest BCUT2D eigenvalue weighted by Gasteiger charge is 2.23. The van der Waals surface area contributed by atoms with E-state index in [1.165, 1.54) is 5.56 Å². The smallest absolute Gasteiger partial charge is 0.414 e. The number of carbonyl (C=O) groups is 1. The highest BCUT2D eigenvalue weighted by Crippen LogP contribution is 2.19. The van der Waals surface area contributed by atoms with E-state index in [4.69, 9.17) is 14.1 Å². The van der Waals surface area contributed by atoms with Crippen molar-refractivity contribution in [3.8, 4) is 0 Å². The number of hydrogen-bond donors (Lipinski definition) is 2. The van der Waals surface area contributed by atoms with E-state index in [-0.39, 0.29) is 36.1 Å². The second kappa shape index (κ2) is 12.3. The first-order valence-electron chi connectivity index (χ1n) is 10.8. The summed E-state index contributed by atoms with van der Waals surface area (Å²) in [6, 6.07) is 22.1. The molecule has 1 aliphatic rings. The molecule has 1 unspecified atom stereocenters. The monoisotopic (exact) mass is 560 g/mol. The molecule has 0 radical (unpaired) electrons. The number of cyclic esters (lactones) is 1. The number of benzene rings is 2. The third-order valence-electron chi connectivity index (χ3n) is 5.33. The van der Waals surface area contributed by atoms with E-state index < -0.39 is 0 Å². The van der Waals surface area contributed by atoms with Gasteiger partial charge in [0, 0.05) is 18.7 Å². The maximum absolute atomic E-state index is 11.7. The van der Waals surface area contributed by atoms with Crippen molar-refractivity contribution in [2.24, 2.45) is 4.99 Å². The van der Waals surface area contributed by atoms with Crippen LogP contribution in [0.5, 0.6) is 0 Å². The van der Waals surface area contributed by atoms with Gasteiger partial charge in [0.1, 0.15) is 12.4 Å².